The monoisotopic (exact) mass is 390 g/mol. The van der Waals surface area contributed by atoms with Crippen LogP contribution in [-0.4, -0.2) is 33.4 Å². The minimum atomic E-state index is 0.364. The van der Waals surface area contributed by atoms with Crippen molar-refractivity contribution in [2.45, 2.75) is 12.5 Å². The van der Waals surface area contributed by atoms with Crippen molar-refractivity contribution in [2.75, 3.05) is 13.6 Å². The van der Waals surface area contributed by atoms with Crippen molar-refractivity contribution in [3.63, 3.8) is 0 Å². The van der Waals surface area contributed by atoms with Gasteiger partial charge in [0, 0.05) is 36.3 Å². The van der Waals surface area contributed by atoms with Gasteiger partial charge in [0.2, 0.25) is 0 Å². The fourth-order valence-electron chi connectivity index (χ4n) is 4.67. The highest BCUT2D eigenvalue weighted by Crippen LogP contribution is 2.36. The van der Waals surface area contributed by atoms with Crippen LogP contribution < -0.4 is 0 Å². The zero-order chi connectivity index (χ0) is 20.1. The maximum Gasteiger partial charge on any atom is 0.0894 e. The van der Waals surface area contributed by atoms with Crippen molar-refractivity contribution >= 4 is 21.9 Å². The number of likely N-dealkylation sites (N-methyl/N-ethyl adjacent to an activating group) is 1. The van der Waals surface area contributed by atoms with Gasteiger partial charge in [0.1, 0.15) is 0 Å². The molecule has 2 aromatic heterocycles. The molecule has 4 heteroatoms. The maximum absolute atomic E-state index is 4.84. The summed E-state index contributed by atoms with van der Waals surface area (Å²) < 4.78 is 0. The van der Waals surface area contributed by atoms with E-state index in [1.165, 1.54) is 27.6 Å². The number of fused-ring (bicyclic) bond motifs is 3. The first-order valence-electron chi connectivity index (χ1n) is 10.4. The lowest BCUT2D eigenvalue weighted by atomic mass is 9.83. The number of hydrogen-bond donors (Lipinski definition) is 1. The summed E-state index contributed by atoms with van der Waals surface area (Å²) in [5.74, 6) is 0.364. The predicted octanol–water partition coefficient (Wildman–Crippen LogP) is 5.36. The Hall–Kier alpha value is -3.50. The summed E-state index contributed by atoms with van der Waals surface area (Å²) in [6.45, 7) is 1.97. The Morgan fingerprint density at radius 2 is 1.87 bits per heavy atom. The van der Waals surface area contributed by atoms with Gasteiger partial charge in [-0.2, -0.15) is 0 Å². The van der Waals surface area contributed by atoms with Crippen LogP contribution in [-0.2, 0) is 6.54 Å². The fraction of sp³-hybridized carbons (Fsp3) is 0.154. The summed E-state index contributed by atoms with van der Waals surface area (Å²) in [4.78, 5) is 15.2. The Balaban J connectivity index is 1.43. The number of aromatic amines is 1. The molecule has 1 unspecified atom stereocenters. The molecule has 6 rings (SSSR count). The van der Waals surface area contributed by atoms with Crippen molar-refractivity contribution in [3.8, 4) is 11.3 Å². The number of aromatic nitrogens is 3. The smallest absolute Gasteiger partial charge is 0.0894 e. The highest BCUT2D eigenvalue weighted by atomic mass is 15.1. The molecule has 3 heterocycles. The van der Waals surface area contributed by atoms with Crippen LogP contribution in [0, 0.1) is 0 Å². The summed E-state index contributed by atoms with van der Waals surface area (Å²) >= 11 is 0. The van der Waals surface area contributed by atoms with Gasteiger partial charge in [-0.05, 0) is 59.5 Å². The molecular formula is C26H22N4. The zero-order valence-corrected chi connectivity index (χ0v) is 16.8. The number of nitrogens with one attached hydrogen (secondary N) is 1. The molecule has 5 aromatic rings. The summed E-state index contributed by atoms with van der Waals surface area (Å²) in [5.41, 5.74) is 9.25. The topological polar surface area (TPSA) is 44.8 Å². The molecule has 4 nitrogen and oxygen atoms in total. The molecule has 0 saturated heterocycles. The number of hydrogen-bond acceptors (Lipinski definition) is 3. The van der Waals surface area contributed by atoms with Crippen LogP contribution in [0.1, 0.15) is 22.6 Å². The summed E-state index contributed by atoms with van der Waals surface area (Å²) in [5, 5.41) is 1.26. The largest absolute Gasteiger partial charge is 0.361 e. The summed E-state index contributed by atoms with van der Waals surface area (Å²) in [7, 11) is 2.20. The second-order valence-electron chi connectivity index (χ2n) is 8.23. The van der Waals surface area contributed by atoms with Crippen LogP contribution in [0.25, 0.3) is 33.2 Å². The van der Waals surface area contributed by atoms with Gasteiger partial charge in [0.25, 0.3) is 0 Å². The van der Waals surface area contributed by atoms with Crippen LogP contribution in [0.3, 0.4) is 0 Å². The van der Waals surface area contributed by atoms with E-state index in [0.717, 1.165) is 35.4 Å². The molecule has 0 fully saturated rings. The molecule has 0 saturated carbocycles. The van der Waals surface area contributed by atoms with Gasteiger partial charge in [-0.1, -0.05) is 36.4 Å². The zero-order valence-electron chi connectivity index (χ0n) is 16.8. The van der Waals surface area contributed by atoms with Gasteiger partial charge in [0.05, 0.1) is 22.9 Å². The summed E-state index contributed by atoms with van der Waals surface area (Å²) in [6, 6.07) is 23.7. The third-order valence-corrected chi connectivity index (χ3v) is 6.18. The summed E-state index contributed by atoms with van der Waals surface area (Å²) in [6.07, 6.45) is 3.89. The Kier molecular flexibility index (Phi) is 3.93. The maximum atomic E-state index is 4.84. The molecular weight excluding hydrogens is 368 g/mol. The van der Waals surface area contributed by atoms with E-state index < -0.39 is 0 Å². The second kappa shape index (κ2) is 6.78. The van der Waals surface area contributed by atoms with Gasteiger partial charge >= 0.3 is 0 Å². The molecule has 1 aliphatic heterocycles. The predicted molar refractivity (Wildman–Crippen MR) is 121 cm³/mol. The Labute approximate surface area is 175 Å². The van der Waals surface area contributed by atoms with Crippen molar-refractivity contribution in [1.82, 2.24) is 19.9 Å². The molecule has 3 aromatic carbocycles. The first-order chi connectivity index (χ1) is 14.7. The Morgan fingerprint density at radius 1 is 0.967 bits per heavy atom. The number of para-hydroxylation sites is 2. The third kappa shape index (κ3) is 2.88. The van der Waals surface area contributed by atoms with E-state index in [1.807, 2.05) is 36.7 Å². The van der Waals surface area contributed by atoms with E-state index >= 15 is 0 Å². The van der Waals surface area contributed by atoms with Crippen LogP contribution in [0.5, 0.6) is 0 Å². The Bertz CT molecular complexity index is 1380. The molecule has 1 aliphatic rings. The first kappa shape index (κ1) is 17.4. The number of rotatable bonds is 2. The van der Waals surface area contributed by atoms with Crippen molar-refractivity contribution in [2.24, 2.45) is 0 Å². The normalized spacial score (nSPS) is 16.8. The van der Waals surface area contributed by atoms with Gasteiger partial charge in [-0.3, -0.25) is 4.98 Å². The van der Waals surface area contributed by atoms with Crippen molar-refractivity contribution < 1.29 is 0 Å². The van der Waals surface area contributed by atoms with E-state index in [-0.39, 0.29) is 0 Å². The average molecular weight is 390 g/mol. The Morgan fingerprint density at radius 3 is 2.80 bits per heavy atom. The molecule has 0 amide bonds. The lowest BCUT2D eigenvalue weighted by Gasteiger charge is -2.33. The van der Waals surface area contributed by atoms with Gasteiger partial charge in [0.15, 0.2) is 0 Å². The second-order valence-corrected chi connectivity index (χ2v) is 8.23. The van der Waals surface area contributed by atoms with Crippen molar-refractivity contribution in [3.05, 3.63) is 95.8 Å². The van der Waals surface area contributed by atoms with E-state index in [2.05, 4.69) is 64.4 Å². The van der Waals surface area contributed by atoms with E-state index in [0.29, 0.717) is 5.92 Å². The molecule has 0 radical (unpaired) electrons. The first-order valence-corrected chi connectivity index (χ1v) is 10.4. The molecule has 1 atom stereocenters. The highest BCUT2D eigenvalue weighted by Gasteiger charge is 2.25. The van der Waals surface area contributed by atoms with Gasteiger partial charge in [-0.25, -0.2) is 4.98 Å². The van der Waals surface area contributed by atoms with Crippen LogP contribution in [0.4, 0.5) is 0 Å². The van der Waals surface area contributed by atoms with Crippen LogP contribution in [0.15, 0.2) is 79.1 Å². The molecule has 146 valence electrons. The minimum absolute atomic E-state index is 0.364. The average Bonchev–Trinajstić information content (AvgIpc) is 3.25. The number of H-pyrrole nitrogens is 1. The molecule has 0 bridgehead atoms. The number of nitrogens with zero attached hydrogens (tertiary/aromatic N) is 3. The highest BCUT2D eigenvalue weighted by molar-refractivity contribution is 5.80. The standard InChI is InChI=1S/C26H22N4/c1-30-15-20-12-19(26-14-28-23-4-2-3-5-24(23)29-26)8-9-21(20)22(16-30)18-7-6-17-10-11-27-25(17)13-18/h2-14,22,27H,15-16H2,1H3. The molecule has 30 heavy (non-hydrogen) atoms. The van der Waals surface area contributed by atoms with E-state index in [9.17, 15) is 0 Å². The van der Waals surface area contributed by atoms with Crippen LogP contribution in [0.2, 0.25) is 0 Å². The lowest BCUT2D eigenvalue weighted by Crippen LogP contribution is -2.31. The minimum Gasteiger partial charge on any atom is -0.361 e. The SMILES string of the molecule is CN1Cc2cc(-c3cnc4ccccc4n3)ccc2C(c2ccc3cc[nH]c3c2)C1. The number of benzene rings is 3. The van der Waals surface area contributed by atoms with E-state index in [4.69, 9.17) is 4.98 Å². The lowest BCUT2D eigenvalue weighted by molar-refractivity contribution is 0.295. The van der Waals surface area contributed by atoms with E-state index in [1.54, 1.807) is 0 Å². The van der Waals surface area contributed by atoms with Crippen molar-refractivity contribution in [1.29, 1.82) is 0 Å². The third-order valence-electron chi connectivity index (χ3n) is 6.18. The van der Waals surface area contributed by atoms with Gasteiger partial charge in [-0.15, -0.1) is 0 Å². The molecule has 0 aliphatic carbocycles. The quantitative estimate of drug-likeness (QED) is 0.442. The molecule has 0 spiro atoms. The molecule has 1 N–H and O–H groups in total. The van der Waals surface area contributed by atoms with Crippen LogP contribution >= 0.6 is 0 Å². The fourth-order valence-corrected chi connectivity index (χ4v) is 4.67. The van der Waals surface area contributed by atoms with Gasteiger partial charge < -0.3 is 9.88 Å².